The standard InChI is InChI=1S/C16H19N3O3.ClH/c1-10-8-12(18-15(20)11(2)9-17)5-6-13(10)19-16(21)14-4-3-7-22-14;/h3-8,11H,9,17H2,1-2H3,(H,18,20)(H,19,21);1H. The third kappa shape index (κ3) is 4.84. The largest absolute Gasteiger partial charge is 0.459 e. The lowest BCUT2D eigenvalue weighted by Crippen LogP contribution is -2.26. The monoisotopic (exact) mass is 337 g/mol. The molecule has 0 bridgehead atoms. The highest BCUT2D eigenvalue weighted by molar-refractivity contribution is 6.03. The van der Waals surface area contributed by atoms with Crippen molar-refractivity contribution in [3.05, 3.63) is 47.9 Å². The zero-order chi connectivity index (χ0) is 16.1. The fourth-order valence-corrected chi connectivity index (χ4v) is 1.85. The number of rotatable bonds is 5. The number of nitrogens with one attached hydrogen (secondary N) is 2. The molecule has 2 rings (SSSR count). The Morgan fingerprint density at radius 2 is 2.00 bits per heavy atom. The molecule has 7 heteroatoms. The third-order valence-corrected chi connectivity index (χ3v) is 3.29. The Hall–Kier alpha value is -2.31. The molecule has 1 aromatic heterocycles. The van der Waals surface area contributed by atoms with Crippen molar-refractivity contribution in [3.63, 3.8) is 0 Å². The average Bonchev–Trinajstić information content (AvgIpc) is 3.03. The summed E-state index contributed by atoms with van der Waals surface area (Å²) < 4.78 is 5.04. The number of benzene rings is 1. The lowest BCUT2D eigenvalue weighted by Gasteiger charge is -2.12. The van der Waals surface area contributed by atoms with Gasteiger partial charge >= 0.3 is 0 Å². The normalized spacial score (nSPS) is 11.3. The van der Waals surface area contributed by atoms with Crippen LogP contribution in [0.5, 0.6) is 0 Å². The first-order valence-corrected chi connectivity index (χ1v) is 6.97. The molecule has 1 aromatic carbocycles. The second-order valence-corrected chi connectivity index (χ2v) is 5.09. The predicted octanol–water partition coefficient (Wildman–Crippen LogP) is 2.80. The highest BCUT2D eigenvalue weighted by atomic mass is 35.5. The summed E-state index contributed by atoms with van der Waals surface area (Å²) in [6.07, 6.45) is 1.44. The average molecular weight is 338 g/mol. The Bertz CT molecular complexity index is 671. The van der Waals surface area contributed by atoms with Crippen LogP contribution in [0.2, 0.25) is 0 Å². The van der Waals surface area contributed by atoms with Crippen LogP contribution >= 0.6 is 12.4 Å². The van der Waals surface area contributed by atoms with Gasteiger partial charge in [0.2, 0.25) is 5.91 Å². The maximum Gasteiger partial charge on any atom is 0.291 e. The van der Waals surface area contributed by atoms with Gasteiger partial charge in [-0.1, -0.05) is 6.92 Å². The third-order valence-electron chi connectivity index (χ3n) is 3.29. The van der Waals surface area contributed by atoms with Crippen LogP contribution in [-0.4, -0.2) is 18.4 Å². The fraction of sp³-hybridized carbons (Fsp3) is 0.250. The molecule has 0 saturated carbocycles. The first-order chi connectivity index (χ1) is 10.5. The van der Waals surface area contributed by atoms with Gasteiger partial charge in [0.1, 0.15) is 0 Å². The van der Waals surface area contributed by atoms with E-state index in [4.69, 9.17) is 10.2 Å². The van der Waals surface area contributed by atoms with Gasteiger partial charge in [-0.2, -0.15) is 0 Å². The van der Waals surface area contributed by atoms with Crippen molar-refractivity contribution in [1.82, 2.24) is 0 Å². The molecule has 0 aliphatic heterocycles. The number of aryl methyl sites for hydroxylation is 1. The van der Waals surface area contributed by atoms with Crippen molar-refractivity contribution in [1.29, 1.82) is 0 Å². The van der Waals surface area contributed by atoms with Gasteiger partial charge in [0.25, 0.3) is 5.91 Å². The molecule has 1 heterocycles. The van der Waals surface area contributed by atoms with Gasteiger partial charge in [-0.15, -0.1) is 12.4 Å². The summed E-state index contributed by atoms with van der Waals surface area (Å²) in [4.78, 5) is 23.7. The van der Waals surface area contributed by atoms with Crippen molar-refractivity contribution in [2.24, 2.45) is 11.7 Å². The van der Waals surface area contributed by atoms with Gasteiger partial charge in [-0.25, -0.2) is 0 Å². The summed E-state index contributed by atoms with van der Waals surface area (Å²) in [5.74, 6) is -0.455. The second kappa shape index (κ2) is 8.36. The summed E-state index contributed by atoms with van der Waals surface area (Å²) in [5, 5.41) is 5.55. The molecule has 1 atom stereocenters. The summed E-state index contributed by atoms with van der Waals surface area (Å²) in [6.45, 7) is 3.90. The molecule has 0 aliphatic carbocycles. The molecule has 124 valence electrons. The second-order valence-electron chi connectivity index (χ2n) is 5.09. The Morgan fingerprint density at radius 1 is 1.26 bits per heavy atom. The van der Waals surface area contributed by atoms with Crippen LogP contribution in [0.25, 0.3) is 0 Å². The van der Waals surface area contributed by atoms with E-state index in [1.54, 1.807) is 37.3 Å². The van der Waals surface area contributed by atoms with Gasteiger partial charge in [0.05, 0.1) is 6.26 Å². The quantitative estimate of drug-likeness (QED) is 0.781. The van der Waals surface area contributed by atoms with E-state index in [2.05, 4.69) is 10.6 Å². The molecule has 0 radical (unpaired) electrons. The van der Waals surface area contributed by atoms with Crippen LogP contribution < -0.4 is 16.4 Å². The van der Waals surface area contributed by atoms with E-state index in [9.17, 15) is 9.59 Å². The van der Waals surface area contributed by atoms with Gasteiger partial charge < -0.3 is 20.8 Å². The highest BCUT2D eigenvalue weighted by Crippen LogP contribution is 2.21. The molecule has 6 nitrogen and oxygen atoms in total. The fourth-order valence-electron chi connectivity index (χ4n) is 1.85. The van der Waals surface area contributed by atoms with Crippen LogP contribution in [0.15, 0.2) is 41.0 Å². The lowest BCUT2D eigenvalue weighted by atomic mass is 10.1. The van der Waals surface area contributed by atoms with E-state index in [1.807, 2.05) is 6.92 Å². The van der Waals surface area contributed by atoms with Crippen molar-refractivity contribution in [3.8, 4) is 0 Å². The molecule has 0 aliphatic rings. The number of amides is 2. The zero-order valence-corrected chi connectivity index (χ0v) is 13.8. The smallest absolute Gasteiger partial charge is 0.291 e. The molecule has 0 spiro atoms. The van der Waals surface area contributed by atoms with E-state index in [0.29, 0.717) is 17.9 Å². The molecule has 0 saturated heterocycles. The maximum atomic E-state index is 11.9. The first-order valence-electron chi connectivity index (χ1n) is 6.97. The molecule has 0 fully saturated rings. The minimum absolute atomic E-state index is 0. The molecular formula is C16H20ClN3O3. The van der Waals surface area contributed by atoms with Gasteiger partial charge in [-0.3, -0.25) is 9.59 Å². The van der Waals surface area contributed by atoms with Crippen LogP contribution in [0, 0.1) is 12.8 Å². The van der Waals surface area contributed by atoms with E-state index < -0.39 is 0 Å². The molecule has 2 amide bonds. The molecule has 2 aromatic rings. The Kier molecular flexibility index (Phi) is 6.81. The summed E-state index contributed by atoms with van der Waals surface area (Å²) >= 11 is 0. The highest BCUT2D eigenvalue weighted by Gasteiger charge is 2.13. The van der Waals surface area contributed by atoms with Crippen molar-refractivity contribution >= 4 is 35.6 Å². The van der Waals surface area contributed by atoms with Gasteiger partial charge in [0, 0.05) is 23.8 Å². The van der Waals surface area contributed by atoms with E-state index in [-0.39, 0.29) is 35.9 Å². The van der Waals surface area contributed by atoms with Gasteiger partial charge in [-0.05, 0) is 42.8 Å². The van der Waals surface area contributed by atoms with Crippen molar-refractivity contribution in [2.75, 3.05) is 17.2 Å². The minimum Gasteiger partial charge on any atom is -0.459 e. The summed E-state index contributed by atoms with van der Waals surface area (Å²) in [7, 11) is 0. The minimum atomic E-state index is -0.318. The maximum absolute atomic E-state index is 11.9. The topological polar surface area (TPSA) is 97.4 Å². The summed E-state index contributed by atoms with van der Waals surface area (Å²) in [5.41, 5.74) is 7.62. The van der Waals surface area contributed by atoms with Crippen LogP contribution in [0.3, 0.4) is 0 Å². The molecule has 4 N–H and O–H groups in total. The first kappa shape index (κ1) is 18.7. The number of halogens is 1. The molecular weight excluding hydrogens is 318 g/mol. The van der Waals surface area contributed by atoms with E-state index >= 15 is 0 Å². The summed E-state index contributed by atoms with van der Waals surface area (Å²) in [6, 6.07) is 8.50. The van der Waals surface area contributed by atoms with Crippen LogP contribution in [-0.2, 0) is 4.79 Å². The zero-order valence-electron chi connectivity index (χ0n) is 13.0. The number of anilines is 2. The van der Waals surface area contributed by atoms with Crippen molar-refractivity contribution in [2.45, 2.75) is 13.8 Å². The number of furan rings is 1. The molecule has 1 unspecified atom stereocenters. The number of hydrogen-bond donors (Lipinski definition) is 3. The predicted molar refractivity (Wildman–Crippen MR) is 91.9 cm³/mol. The van der Waals surface area contributed by atoms with E-state index in [0.717, 1.165) is 5.56 Å². The van der Waals surface area contributed by atoms with Crippen LogP contribution in [0.1, 0.15) is 23.0 Å². The lowest BCUT2D eigenvalue weighted by molar-refractivity contribution is -0.119. The van der Waals surface area contributed by atoms with Gasteiger partial charge in [0.15, 0.2) is 5.76 Å². The SMILES string of the molecule is Cc1cc(NC(=O)C(C)CN)ccc1NC(=O)c1ccco1.Cl. The number of carbonyl (C=O) groups is 2. The Labute approximate surface area is 140 Å². The van der Waals surface area contributed by atoms with E-state index in [1.165, 1.54) is 6.26 Å². The Morgan fingerprint density at radius 3 is 2.57 bits per heavy atom. The number of carbonyl (C=O) groups excluding carboxylic acids is 2. The van der Waals surface area contributed by atoms with Crippen LogP contribution in [0.4, 0.5) is 11.4 Å². The number of hydrogen-bond acceptors (Lipinski definition) is 4. The van der Waals surface area contributed by atoms with Crippen molar-refractivity contribution < 1.29 is 14.0 Å². The molecule has 23 heavy (non-hydrogen) atoms. The Balaban J connectivity index is 0.00000264. The number of nitrogens with two attached hydrogens (primary N) is 1.